The normalized spacial score (nSPS) is 20.2. The Kier molecular flexibility index (Phi) is 7.35. The Morgan fingerprint density at radius 3 is 2.44 bits per heavy atom. The van der Waals surface area contributed by atoms with Crippen LogP contribution in [0.15, 0.2) is 30.3 Å². The molecule has 0 saturated carbocycles. The molecule has 2 fully saturated rings. The number of ether oxygens (including phenoxy) is 2. The van der Waals surface area contributed by atoms with E-state index in [4.69, 9.17) is 21.1 Å². The first-order chi connectivity index (χ1) is 15.5. The zero-order valence-electron chi connectivity index (χ0n) is 18.4. The van der Waals surface area contributed by atoms with Gasteiger partial charge in [-0.25, -0.2) is 0 Å². The number of methoxy groups -OCH3 is 2. The zero-order valence-corrected chi connectivity index (χ0v) is 20.0. The minimum atomic E-state index is -0.341. The smallest absolute Gasteiger partial charge is 0.247 e. The van der Waals surface area contributed by atoms with Crippen molar-refractivity contribution in [2.45, 2.75) is 25.4 Å². The van der Waals surface area contributed by atoms with Gasteiger partial charge in [-0.15, -0.1) is 11.3 Å². The van der Waals surface area contributed by atoms with E-state index in [0.29, 0.717) is 24.5 Å². The van der Waals surface area contributed by atoms with Crippen molar-refractivity contribution >= 4 is 34.8 Å². The van der Waals surface area contributed by atoms with E-state index in [0.717, 1.165) is 42.6 Å². The van der Waals surface area contributed by atoms with Gasteiger partial charge in [0.05, 0.1) is 31.0 Å². The summed E-state index contributed by atoms with van der Waals surface area (Å²) in [6.07, 6.45) is 0.854. The Bertz CT molecular complexity index is 974. The van der Waals surface area contributed by atoms with E-state index in [-0.39, 0.29) is 24.3 Å². The molecule has 0 radical (unpaired) electrons. The second-order valence-electron chi connectivity index (χ2n) is 8.06. The molecule has 2 aliphatic heterocycles. The molecule has 1 aromatic carbocycles. The standard InChI is InChI=1S/C23H28ClN3O4S/c1-30-19-5-3-16(13-20(19)31-2)7-8-27-22(28)14-18(23(27)29)26-11-9-25(10-12-26)15-17-4-6-21(24)32-17/h3-6,13,18H,7-12,14-15H2,1-2H3. The van der Waals surface area contributed by atoms with E-state index < -0.39 is 0 Å². The van der Waals surface area contributed by atoms with Gasteiger partial charge >= 0.3 is 0 Å². The molecule has 1 aromatic heterocycles. The van der Waals surface area contributed by atoms with Crippen LogP contribution in [-0.4, -0.2) is 79.5 Å². The second kappa shape index (κ2) is 10.2. The molecule has 32 heavy (non-hydrogen) atoms. The topological polar surface area (TPSA) is 62.3 Å². The predicted molar refractivity (Wildman–Crippen MR) is 125 cm³/mol. The molecule has 1 unspecified atom stereocenters. The first-order valence-electron chi connectivity index (χ1n) is 10.7. The Balaban J connectivity index is 1.30. The minimum Gasteiger partial charge on any atom is -0.493 e. The van der Waals surface area contributed by atoms with Gasteiger partial charge in [0, 0.05) is 44.1 Å². The molecule has 2 aromatic rings. The molecule has 4 rings (SSSR count). The summed E-state index contributed by atoms with van der Waals surface area (Å²) in [4.78, 5) is 32.8. The number of amides is 2. The van der Waals surface area contributed by atoms with Crippen LogP contribution in [0.3, 0.4) is 0 Å². The van der Waals surface area contributed by atoms with Crippen LogP contribution in [0.1, 0.15) is 16.9 Å². The van der Waals surface area contributed by atoms with Crippen molar-refractivity contribution in [2.24, 2.45) is 0 Å². The molecular weight excluding hydrogens is 450 g/mol. The van der Waals surface area contributed by atoms with Crippen LogP contribution in [0.2, 0.25) is 4.34 Å². The summed E-state index contributed by atoms with van der Waals surface area (Å²) < 4.78 is 11.4. The molecule has 0 N–H and O–H groups in total. The second-order valence-corrected chi connectivity index (χ2v) is 9.86. The van der Waals surface area contributed by atoms with Crippen molar-refractivity contribution < 1.29 is 19.1 Å². The number of carbonyl (C=O) groups is 2. The van der Waals surface area contributed by atoms with E-state index in [1.54, 1.807) is 25.6 Å². The maximum atomic E-state index is 13.0. The number of rotatable bonds is 8. The number of imide groups is 1. The van der Waals surface area contributed by atoms with Crippen LogP contribution in [-0.2, 0) is 22.6 Å². The third-order valence-electron chi connectivity index (χ3n) is 6.15. The maximum Gasteiger partial charge on any atom is 0.247 e. The van der Waals surface area contributed by atoms with E-state index in [1.165, 1.54) is 9.78 Å². The number of carbonyl (C=O) groups excluding carboxylic acids is 2. The first kappa shape index (κ1) is 23.0. The largest absolute Gasteiger partial charge is 0.493 e. The highest BCUT2D eigenvalue weighted by Crippen LogP contribution is 2.28. The number of piperazine rings is 1. The van der Waals surface area contributed by atoms with Crippen LogP contribution in [0.4, 0.5) is 0 Å². The van der Waals surface area contributed by atoms with E-state index in [1.807, 2.05) is 24.3 Å². The molecule has 0 spiro atoms. The lowest BCUT2D eigenvalue weighted by molar-refractivity contribution is -0.139. The SMILES string of the molecule is COc1ccc(CCN2C(=O)CC(N3CCN(Cc4ccc(Cl)s4)CC3)C2=O)cc1OC. The quantitative estimate of drug-likeness (QED) is 0.545. The van der Waals surface area contributed by atoms with Crippen molar-refractivity contribution in [1.82, 2.24) is 14.7 Å². The van der Waals surface area contributed by atoms with Crippen LogP contribution in [0, 0.1) is 0 Å². The van der Waals surface area contributed by atoms with Gasteiger partial charge in [-0.05, 0) is 36.2 Å². The van der Waals surface area contributed by atoms with Crippen molar-refractivity contribution in [3.8, 4) is 11.5 Å². The van der Waals surface area contributed by atoms with Gasteiger partial charge in [0.25, 0.3) is 0 Å². The first-order valence-corrected chi connectivity index (χ1v) is 11.9. The molecule has 2 amide bonds. The number of likely N-dealkylation sites (tertiary alicyclic amines) is 1. The molecule has 2 aliphatic rings. The van der Waals surface area contributed by atoms with Gasteiger partial charge in [-0.1, -0.05) is 17.7 Å². The van der Waals surface area contributed by atoms with Crippen molar-refractivity contribution in [3.63, 3.8) is 0 Å². The molecule has 9 heteroatoms. The molecule has 7 nitrogen and oxygen atoms in total. The summed E-state index contributed by atoms with van der Waals surface area (Å²) in [5.41, 5.74) is 0.994. The van der Waals surface area contributed by atoms with E-state index in [2.05, 4.69) is 15.9 Å². The predicted octanol–water partition coefficient (Wildman–Crippen LogP) is 2.91. The molecule has 3 heterocycles. The summed E-state index contributed by atoms with van der Waals surface area (Å²) >= 11 is 7.64. The summed E-state index contributed by atoms with van der Waals surface area (Å²) in [5, 5.41) is 0. The van der Waals surface area contributed by atoms with Gasteiger partial charge in [0.1, 0.15) is 0 Å². The van der Waals surface area contributed by atoms with Crippen molar-refractivity contribution in [1.29, 1.82) is 0 Å². The Hall–Kier alpha value is -2.13. The third-order valence-corrected chi connectivity index (χ3v) is 7.36. The average molecular weight is 478 g/mol. The summed E-state index contributed by atoms with van der Waals surface area (Å²) in [6.45, 7) is 4.57. The lowest BCUT2D eigenvalue weighted by Gasteiger charge is -2.36. The number of nitrogens with zero attached hydrogens (tertiary/aromatic N) is 3. The molecule has 0 aliphatic carbocycles. The maximum absolute atomic E-state index is 13.0. The number of halogens is 1. The number of benzene rings is 1. The van der Waals surface area contributed by atoms with Crippen LogP contribution in [0.5, 0.6) is 11.5 Å². The molecule has 1 atom stereocenters. The lowest BCUT2D eigenvalue weighted by Crippen LogP contribution is -2.52. The molecule has 0 bridgehead atoms. The summed E-state index contributed by atoms with van der Waals surface area (Å²) in [7, 11) is 3.19. The minimum absolute atomic E-state index is 0.0750. The molecule has 172 valence electrons. The molecular formula is C23H28ClN3O4S. The van der Waals surface area contributed by atoms with Gasteiger partial charge < -0.3 is 9.47 Å². The highest BCUT2D eigenvalue weighted by molar-refractivity contribution is 7.16. The van der Waals surface area contributed by atoms with Crippen LogP contribution in [0.25, 0.3) is 0 Å². The lowest BCUT2D eigenvalue weighted by atomic mass is 10.1. The highest BCUT2D eigenvalue weighted by atomic mass is 35.5. The fourth-order valence-electron chi connectivity index (χ4n) is 4.35. The Morgan fingerprint density at radius 1 is 1.03 bits per heavy atom. The van der Waals surface area contributed by atoms with Crippen LogP contribution >= 0.6 is 22.9 Å². The fraction of sp³-hybridized carbons (Fsp3) is 0.478. The monoisotopic (exact) mass is 477 g/mol. The fourth-order valence-corrected chi connectivity index (χ4v) is 5.48. The van der Waals surface area contributed by atoms with Crippen LogP contribution < -0.4 is 9.47 Å². The van der Waals surface area contributed by atoms with E-state index >= 15 is 0 Å². The van der Waals surface area contributed by atoms with E-state index in [9.17, 15) is 9.59 Å². The zero-order chi connectivity index (χ0) is 22.7. The van der Waals surface area contributed by atoms with Gasteiger partial charge in [-0.3, -0.25) is 24.3 Å². The third kappa shape index (κ3) is 5.09. The van der Waals surface area contributed by atoms with Gasteiger partial charge in [0.2, 0.25) is 11.8 Å². The Labute approximate surface area is 197 Å². The average Bonchev–Trinajstić information content (AvgIpc) is 3.34. The van der Waals surface area contributed by atoms with Gasteiger partial charge in [-0.2, -0.15) is 0 Å². The Morgan fingerprint density at radius 2 is 1.78 bits per heavy atom. The summed E-state index contributed by atoms with van der Waals surface area (Å²) in [6, 6.07) is 9.32. The number of hydrogen-bond donors (Lipinski definition) is 0. The number of thiophene rings is 1. The van der Waals surface area contributed by atoms with Crippen molar-refractivity contribution in [3.05, 3.63) is 45.1 Å². The van der Waals surface area contributed by atoms with Gasteiger partial charge in [0.15, 0.2) is 11.5 Å². The summed E-state index contributed by atoms with van der Waals surface area (Å²) in [5.74, 6) is 1.14. The highest BCUT2D eigenvalue weighted by Gasteiger charge is 2.42. The number of hydrogen-bond acceptors (Lipinski definition) is 7. The molecule has 2 saturated heterocycles. The van der Waals surface area contributed by atoms with Crippen molar-refractivity contribution in [2.75, 3.05) is 46.9 Å².